The van der Waals surface area contributed by atoms with Gasteiger partial charge in [0.2, 0.25) is 5.95 Å². The maximum Gasteiger partial charge on any atom is 0.338 e. The molecule has 0 saturated carbocycles. The minimum Gasteiger partial charge on any atom is -0.462 e. The van der Waals surface area contributed by atoms with E-state index in [9.17, 15) is 9.59 Å². The van der Waals surface area contributed by atoms with Crippen molar-refractivity contribution < 1.29 is 14.3 Å². The highest BCUT2D eigenvalue weighted by atomic mass is 16.5. The van der Waals surface area contributed by atoms with Gasteiger partial charge < -0.3 is 15.0 Å². The number of nitrogens with zero attached hydrogens (tertiary/aromatic N) is 3. The lowest BCUT2D eigenvalue weighted by molar-refractivity contribution is 0.0526. The SMILES string of the molecule is CCOC(=O)c1ccc(Nc2nccc(C(=O)N3CCc4ccccc43)n2)cc1. The molecule has 0 atom stereocenters. The second-order valence-corrected chi connectivity index (χ2v) is 6.52. The van der Waals surface area contributed by atoms with Crippen molar-refractivity contribution in [3.8, 4) is 0 Å². The van der Waals surface area contributed by atoms with Crippen molar-refractivity contribution in [2.24, 2.45) is 0 Å². The lowest BCUT2D eigenvalue weighted by Gasteiger charge is -2.17. The summed E-state index contributed by atoms with van der Waals surface area (Å²) < 4.78 is 4.98. The molecule has 0 fully saturated rings. The number of hydrogen-bond donors (Lipinski definition) is 1. The fourth-order valence-corrected chi connectivity index (χ4v) is 3.26. The number of ether oxygens (including phenoxy) is 1. The lowest BCUT2D eigenvalue weighted by Crippen LogP contribution is -2.29. The predicted octanol–water partition coefficient (Wildman–Crippen LogP) is 3.60. The number of rotatable bonds is 5. The fourth-order valence-electron chi connectivity index (χ4n) is 3.26. The Morgan fingerprint density at radius 1 is 1.10 bits per heavy atom. The maximum absolute atomic E-state index is 13.0. The molecule has 0 unspecified atom stereocenters. The number of carbonyl (C=O) groups is 2. The van der Waals surface area contributed by atoms with Crippen LogP contribution < -0.4 is 10.2 Å². The molecule has 0 aliphatic carbocycles. The Kier molecular flexibility index (Phi) is 5.20. The van der Waals surface area contributed by atoms with Crippen LogP contribution in [-0.4, -0.2) is 35.0 Å². The topological polar surface area (TPSA) is 84.4 Å². The van der Waals surface area contributed by atoms with Crippen LogP contribution in [-0.2, 0) is 11.2 Å². The van der Waals surface area contributed by atoms with E-state index in [1.54, 1.807) is 48.4 Å². The van der Waals surface area contributed by atoms with Crippen LogP contribution in [0.25, 0.3) is 0 Å². The molecule has 2 aromatic carbocycles. The molecule has 3 aromatic rings. The van der Waals surface area contributed by atoms with Crippen LogP contribution in [0.3, 0.4) is 0 Å². The first kappa shape index (κ1) is 18.6. The predicted molar refractivity (Wildman–Crippen MR) is 110 cm³/mol. The molecule has 1 N–H and O–H groups in total. The number of nitrogens with one attached hydrogen (secondary N) is 1. The van der Waals surface area contributed by atoms with Crippen molar-refractivity contribution in [3.63, 3.8) is 0 Å². The van der Waals surface area contributed by atoms with Crippen LogP contribution in [0.1, 0.15) is 33.3 Å². The second-order valence-electron chi connectivity index (χ2n) is 6.52. The third-order valence-electron chi connectivity index (χ3n) is 4.66. The number of anilines is 3. The minimum absolute atomic E-state index is 0.155. The average Bonchev–Trinajstić information content (AvgIpc) is 3.18. The van der Waals surface area contributed by atoms with E-state index in [-0.39, 0.29) is 11.9 Å². The van der Waals surface area contributed by atoms with Gasteiger partial charge in [0.25, 0.3) is 5.91 Å². The Morgan fingerprint density at radius 3 is 2.69 bits per heavy atom. The summed E-state index contributed by atoms with van der Waals surface area (Å²) in [5.74, 6) is -0.209. The smallest absolute Gasteiger partial charge is 0.338 e. The summed E-state index contributed by atoms with van der Waals surface area (Å²) in [5.41, 5.74) is 3.58. The molecule has 146 valence electrons. The molecule has 1 aliphatic rings. The first-order valence-electron chi connectivity index (χ1n) is 9.42. The maximum atomic E-state index is 13.0. The summed E-state index contributed by atoms with van der Waals surface area (Å²) >= 11 is 0. The molecule has 0 radical (unpaired) electrons. The molecular formula is C22H20N4O3. The Hall–Kier alpha value is -3.74. The quantitative estimate of drug-likeness (QED) is 0.673. The molecule has 1 aliphatic heterocycles. The number of benzene rings is 2. The standard InChI is InChI=1S/C22H20N4O3/c1-2-29-21(28)16-7-9-17(10-8-16)24-22-23-13-11-18(25-22)20(27)26-14-12-15-5-3-4-6-19(15)26/h3-11,13H,2,12,14H2,1H3,(H,23,24,25). The van der Waals surface area contributed by atoms with Crippen molar-refractivity contribution in [2.45, 2.75) is 13.3 Å². The monoisotopic (exact) mass is 388 g/mol. The summed E-state index contributed by atoms with van der Waals surface area (Å²) in [7, 11) is 0. The molecule has 29 heavy (non-hydrogen) atoms. The van der Waals surface area contributed by atoms with Gasteiger partial charge in [-0.1, -0.05) is 18.2 Å². The number of carbonyl (C=O) groups excluding carboxylic acids is 2. The molecule has 1 aromatic heterocycles. The Balaban J connectivity index is 1.49. The van der Waals surface area contributed by atoms with Crippen LogP contribution in [0.4, 0.5) is 17.3 Å². The molecule has 0 spiro atoms. The van der Waals surface area contributed by atoms with Crippen molar-refractivity contribution >= 4 is 29.2 Å². The van der Waals surface area contributed by atoms with E-state index in [0.29, 0.717) is 36.0 Å². The Bertz CT molecular complexity index is 1050. The van der Waals surface area contributed by atoms with E-state index in [2.05, 4.69) is 15.3 Å². The number of aromatic nitrogens is 2. The van der Waals surface area contributed by atoms with E-state index in [1.807, 2.05) is 24.3 Å². The first-order valence-corrected chi connectivity index (χ1v) is 9.42. The van der Waals surface area contributed by atoms with Gasteiger partial charge in [-0.25, -0.2) is 14.8 Å². The molecular weight excluding hydrogens is 368 g/mol. The van der Waals surface area contributed by atoms with Gasteiger partial charge in [0.05, 0.1) is 12.2 Å². The molecule has 0 bridgehead atoms. The highest BCUT2D eigenvalue weighted by Gasteiger charge is 2.26. The second kappa shape index (κ2) is 8.10. The third-order valence-corrected chi connectivity index (χ3v) is 4.66. The zero-order valence-electron chi connectivity index (χ0n) is 16.0. The summed E-state index contributed by atoms with van der Waals surface area (Å²) in [6, 6.07) is 16.3. The van der Waals surface area contributed by atoms with E-state index >= 15 is 0 Å². The van der Waals surface area contributed by atoms with E-state index in [1.165, 1.54) is 0 Å². The fraction of sp³-hybridized carbons (Fsp3) is 0.182. The molecule has 0 saturated heterocycles. The van der Waals surface area contributed by atoms with Crippen LogP contribution in [0.5, 0.6) is 0 Å². The Labute approximate surface area is 168 Å². The highest BCUT2D eigenvalue weighted by Crippen LogP contribution is 2.28. The summed E-state index contributed by atoms with van der Waals surface area (Å²) in [6.45, 7) is 2.73. The average molecular weight is 388 g/mol. The molecule has 7 heteroatoms. The minimum atomic E-state index is -0.367. The van der Waals surface area contributed by atoms with Crippen molar-refractivity contribution in [2.75, 3.05) is 23.4 Å². The van der Waals surface area contributed by atoms with Gasteiger partial charge in [0.1, 0.15) is 5.69 Å². The molecule has 7 nitrogen and oxygen atoms in total. The zero-order valence-corrected chi connectivity index (χ0v) is 16.0. The summed E-state index contributed by atoms with van der Waals surface area (Å²) in [5, 5.41) is 3.06. The van der Waals surface area contributed by atoms with E-state index in [0.717, 1.165) is 17.7 Å². The number of para-hydroxylation sites is 1. The van der Waals surface area contributed by atoms with Gasteiger partial charge in [0.15, 0.2) is 0 Å². The number of hydrogen-bond acceptors (Lipinski definition) is 6. The normalized spacial score (nSPS) is 12.4. The van der Waals surface area contributed by atoms with Gasteiger partial charge in [-0.15, -0.1) is 0 Å². The third kappa shape index (κ3) is 3.94. The van der Waals surface area contributed by atoms with Gasteiger partial charge in [0, 0.05) is 24.1 Å². The molecule has 2 heterocycles. The van der Waals surface area contributed by atoms with E-state index in [4.69, 9.17) is 4.74 Å². The molecule has 4 rings (SSSR count). The summed E-state index contributed by atoms with van der Waals surface area (Å²) in [4.78, 5) is 35.0. The summed E-state index contributed by atoms with van der Waals surface area (Å²) in [6.07, 6.45) is 2.39. The van der Waals surface area contributed by atoms with Gasteiger partial charge >= 0.3 is 5.97 Å². The van der Waals surface area contributed by atoms with Crippen LogP contribution in [0.15, 0.2) is 60.8 Å². The largest absolute Gasteiger partial charge is 0.462 e. The van der Waals surface area contributed by atoms with Gasteiger partial charge in [-0.05, 0) is 55.3 Å². The van der Waals surface area contributed by atoms with E-state index < -0.39 is 0 Å². The van der Waals surface area contributed by atoms with Crippen LogP contribution in [0.2, 0.25) is 0 Å². The van der Waals surface area contributed by atoms with Crippen LogP contribution >= 0.6 is 0 Å². The van der Waals surface area contributed by atoms with Crippen molar-refractivity contribution in [1.82, 2.24) is 9.97 Å². The number of amides is 1. The zero-order chi connectivity index (χ0) is 20.2. The van der Waals surface area contributed by atoms with Crippen LogP contribution in [0, 0.1) is 0 Å². The van der Waals surface area contributed by atoms with Crippen molar-refractivity contribution in [1.29, 1.82) is 0 Å². The number of fused-ring (bicyclic) bond motifs is 1. The Morgan fingerprint density at radius 2 is 1.90 bits per heavy atom. The lowest BCUT2D eigenvalue weighted by atomic mass is 10.2. The first-order chi connectivity index (χ1) is 14.2. The van der Waals surface area contributed by atoms with Crippen molar-refractivity contribution in [3.05, 3.63) is 77.6 Å². The van der Waals surface area contributed by atoms with Gasteiger partial charge in [-0.2, -0.15) is 0 Å². The number of esters is 1. The highest BCUT2D eigenvalue weighted by molar-refractivity contribution is 6.06. The molecule has 1 amide bonds. The van der Waals surface area contributed by atoms with Gasteiger partial charge in [-0.3, -0.25) is 4.79 Å².